The van der Waals surface area contributed by atoms with Crippen molar-refractivity contribution in [2.24, 2.45) is 0 Å². The van der Waals surface area contributed by atoms with E-state index in [0.29, 0.717) is 40.9 Å². The van der Waals surface area contributed by atoms with Crippen molar-refractivity contribution in [3.05, 3.63) is 53.6 Å². The van der Waals surface area contributed by atoms with Gasteiger partial charge in [-0.05, 0) is 49.2 Å². The number of halogens is 4. The number of alkyl halides is 2. The van der Waals surface area contributed by atoms with Gasteiger partial charge in [0.25, 0.3) is 11.5 Å². The average molecular weight is 480 g/mol. The number of fused-ring (bicyclic) bond motifs is 1. The minimum absolute atomic E-state index is 0.0376. The molecule has 166 valence electrons. The molecule has 0 spiro atoms. The molecule has 7 nitrogen and oxygen atoms in total. The van der Waals surface area contributed by atoms with Gasteiger partial charge in [-0.1, -0.05) is 23.2 Å². The summed E-state index contributed by atoms with van der Waals surface area (Å²) in [5, 5.41) is 6.37. The van der Waals surface area contributed by atoms with E-state index in [9.17, 15) is 18.4 Å². The van der Waals surface area contributed by atoms with E-state index in [1.807, 2.05) is 0 Å². The summed E-state index contributed by atoms with van der Waals surface area (Å²) in [6, 6.07) is 8.40. The zero-order valence-electron chi connectivity index (χ0n) is 16.5. The smallest absolute Gasteiger partial charge is 0.273 e. The fraction of sp³-hybridized carbons (Fsp3) is 0.238. The lowest BCUT2D eigenvalue weighted by molar-refractivity contribution is -0.138. The van der Waals surface area contributed by atoms with E-state index in [-0.39, 0.29) is 11.6 Å². The SMILES string of the molecule is O=C(Nc1ccc2ncnc(Nc3ccc(F)c(Cl)c3)c2c1)[C@@H]1CCCN1C(=O)C(F)Cl. The first kappa shape index (κ1) is 22.2. The number of nitrogens with zero attached hydrogens (tertiary/aromatic N) is 3. The van der Waals surface area contributed by atoms with Gasteiger partial charge >= 0.3 is 0 Å². The van der Waals surface area contributed by atoms with E-state index >= 15 is 0 Å². The van der Waals surface area contributed by atoms with Crippen LogP contribution in [0.25, 0.3) is 10.9 Å². The topological polar surface area (TPSA) is 87.2 Å². The third kappa shape index (κ3) is 4.58. The maximum absolute atomic E-state index is 13.4. The Bertz CT molecular complexity index is 1190. The van der Waals surface area contributed by atoms with E-state index in [0.717, 1.165) is 4.90 Å². The van der Waals surface area contributed by atoms with Crippen molar-refractivity contribution in [1.29, 1.82) is 0 Å². The van der Waals surface area contributed by atoms with E-state index in [1.165, 1.54) is 24.5 Å². The first-order valence-corrected chi connectivity index (χ1v) is 10.5. The number of hydrogen-bond donors (Lipinski definition) is 2. The van der Waals surface area contributed by atoms with Gasteiger partial charge in [0, 0.05) is 23.3 Å². The molecule has 0 bridgehead atoms. The lowest BCUT2D eigenvalue weighted by Crippen LogP contribution is -2.45. The van der Waals surface area contributed by atoms with Crippen LogP contribution in [0, 0.1) is 5.82 Å². The third-order valence-corrected chi connectivity index (χ3v) is 5.59. The second-order valence-corrected chi connectivity index (χ2v) is 7.98. The normalized spacial score (nSPS) is 16.8. The van der Waals surface area contributed by atoms with Crippen LogP contribution in [-0.4, -0.2) is 44.9 Å². The number of aromatic nitrogens is 2. The molecule has 1 aromatic heterocycles. The van der Waals surface area contributed by atoms with Crippen LogP contribution in [0.1, 0.15) is 12.8 Å². The van der Waals surface area contributed by atoms with Gasteiger partial charge in [0.05, 0.1) is 10.5 Å². The van der Waals surface area contributed by atoms with Crippen molar-refractivity contribution in [3.8, 4) is 0 Å². The van der Waals surface area contributed by atoms with Crippen LogP contribution in [-0.2, 0) is 9.59 Å². The van der Waals surface area contributed by atoms with Gasteiger partial charge in [0.15, 0.2) is 0 Å². The first-order chi connectivity index (χ1) is 15.3. The Morgan fingerprint density at radius 1 is 1.16 bits per heavy atom. The molecule has 32 heavy (non-hydrogen) atoms. The van der Waals surface area contributed by atoms with Crippen LogP contribution in [0.15, 0.2) is 42.7 Å². The van der Waals surface area contributed by atoms with Crippen LogP contribution in [0.4, 0.5) is 26.0 Å². The molecule has 11 heteroatoms. The molecular formula is C21H17Cl2F2N5O2. The quantitative estimate of drug-likeness (QED) is 0.520. The summed E-state index contributed by atoms with van der Waals surface area (Å²) >= 11 is 11.1. The second kappa shape index (κ2) is 9.22. The third-order valence-electron chi connectivity index (χ3n) is 5.11. The zero-order valence-corrected chi connectivity index (χ0v) is 18.0. The highest BCUT2D eigenvalue weighted by Crippen LogP contribution is 2.28. The maximum atomic E-state index is 13.4. The molecule has 0 saturated carbocycles. The van der Waals surface area contributed by atoms with Gasteiger partial charge in [0.2, 0.25) is 5.91 Å². The van der Waals surface area contributed by atoms with Gasteiger partial charge in [-0.3, -0.25) is 9.59 Å². The Morgan fingerprint density at radius 3 is 2.69 bits per heavy atom. The highest BCUT2D eigenvalue weighted by atomic mass is 35.5. The summed E-state index contributed by atoms with van der Waals surface area (Å²) in [6.07, 6.45) is 2.36. The average Bonchev–Trinajstić information content (AvgIpc) is 3.26. The van der Waals surface area contributed by atoms with E-state index in [2.05, 4.69) is 20.6 Å². The van der Waals surface area contributed by atoms with E-state index in [4.69, 9.17) is 23.2 Å². The molecular weight excluding hydrogens is 463 g/mol. The molecule has 1 aliphatic rings. The van der Waals surface area contributed by atoms with Crippen LogP contribution in [0.3, 0.4) is 0 Å². The minimum Gasteiger partial charge on any atom is -0.340 e. The van der Waals surface area contributed by atoms with Crippen molar-refractivity contribution < 1.29 is 18.4 Å². The predicted octanol–water partition coefficient (Wildman–Crippen LogP) is 4.63. The number of amides is 2. The second-order valence-electron chi connectivity index (χ2n) is 7.19. The molecule has 1 unspecified atom stereocenters. The predicted molar refractivity (Wildman–Crippen MR) is 118 cm³/mol. The van der Waals surface area contributed by atoms with E-state index < -0.39 is 29.3 Å². The summed E-state index contributed by atoms with van der Waals surface area (Å²) < 4.78 is 26.7. The van der Waals surface area contributed by atoms with Crippen LogP contribution in [0.5, 0.6) is 0 Å². The molecule has 0 radical (unpaired) electrons. The zero-order chi connectivity index (χ0) is 22.8. The van der Waals surface area contributed by atoms with Gasteiger partial charge in [-0.25, -0.2) is 18.7 Å². The number of likely N-dealkylation sites (tertiary alicyclic amines) is 1. The van der Waals surface area contributed by atoms with Gasteiger partial charge < -0.3 is 15.5 Å². The lowest BCUT2D eigenvalue weighted by atomic mass is 10.1. The molecule has 0 aliphatic carbocycles. The Balaban J connectivity index is 1.57. The molecule has 1 aliphatic heterocycles. The summed E-state index contributed by atoms with van der Waals surface area (Å²) in [5.41, 5.74) is -0.615. The Morgan fingerprint density at radius 2 is 1.94 bits per heavy atom. The van der Waals surface area contributed by atoms with Crippen molar-refractivity contribution in [3.63, 3.8) is 0 Å². The van der Waals surface area contributed by atoms with Crippen molar-refractivity contribution >= 4 is 63.1 Å². The van der Waals surface area contributed by atoms with Crippen molar-refractivity contribution in [1.82, 2.24) is 14.9 Å². The standard InChI is InChI=1S/C21H17Cl2F2N5O2/c22-14-9-12(3-5-15(14)24)28-19-13-8-11(4-6-16(13)26-10-27-19)29-20(31)17-2-1-7-30(17)21(32)18(23)25/h3-6,8-10,17-18H,1-2,7H2,(H,29,31)(H,26,27,28)/t17-,18?/m0/s1. The lowest BCUT2D eigenvalue weighted by Gasteiger charge is -2.24. The highest BCUT2D eigenvalue weighted by molar-refractivity contribution is 6.31. The fourth-order valence-corrected chi connectivity index (χ4v) is 3.90. The van der Waals surface area contributed by atoms with Crippen LogP contribution in [0.2, 0.25) is 5.02 Å². The van der Waals surface area contributed by atoms with Crippen LogP contribution >= 0.6 is 23.2 Å². The number of carbonyl (C=O) groups is 2. The Labute approximate surface area is 191 Å². The molecule has 2 atom stereocenters. The van der Waals surface area contributed by atoms with Gasteiger partial charge in [0.1, 0.15) is 24.0 Å². The van der Waals surface area contributed by atoms with Gasteiger partial charge in [-0.2, -0.15) is 0 Å². The molecule has 2 amide bonds. The molecule has 1 fully saturated rings. The highest BCUT2D eigenvalue weighted by Gasteiger charge is 2.36. The Hall–Kier alpha value is -3.04. The summed E-state index contributed by atoms with van der Waals surface area (Å²) in [4.78, 5) is 34.3. The molecule has 2 aromatic carbocycles. The Kier molecular flexibility index (Phi) is 6.38. The number of nitrogens with one attached hydrogen (secondary N) is 2. The number of hydrogen-bond acceptors (Lipinski definition) is 5. The summed E-state index contributed by atoms with van der Waals surface area (Å²) in [7, 11) is 0. The van der Waals surface area contributed by atoms with Crippen LogP contribution < -0.4 is 10.6 Å². The molecule has 2 N–H and O–H groups in total. The maximum Gasteiger partial charge on any atom is 0.273 e. The number of anilines is 3. The molecule has 3 aromatic rings. The molecule has 1 saturated heterocycles. The number of carbonyl (C=O) groups excluding carboxylic acids is 2. The summed E-state index contributed by atoms with van der Waals surface area (Å²) in [5.74, 6) is -1.47. The fourth-order valence-electron chi connectivity index (χ4n) is 3.60. The molecule has 2 heterocycles. The first-order valence-electron chi connectivity index (χ1n) is 9.70. The van der Waals surface area contributed by atoms with Crippen molar-refractivity contribution in [2.45, 2.75) is 24.5 Å². The number of benzene rings is 2. The van der Waals surface area contributed by atoms with E-state index in [1.54, 1.807) is 18.2 Å². The minimum atomic E-state index is -2.19. The molecule has 4 rings (SSSR count). The monoisotopic (exact) mass is 479 g/mol. The number of rotatable bonds is 5. The van der Waals surface area contributed by atoms with Gasteiger partial charge in [-0.15, -0.1) is 0 Å². The largest absolute Gasteiger partial charge is 0.340 e. The summed E-state index contributed by atoms with van der Waals surface area (Å²) in [6.45, 7) is 0.268. The van der Waals surface area contributed by atoms with Crippen molar-refractivity contribution in [2.75, 3.05) is 17.2 Å².